The van der Waals surface area contributed by atoms with Gasteiger partial charge in [0.1, 0.15) is 24.0 Å². The van der Waals surface area contributed by atoms with Crippen molar-refractivity contribution in [2.24, 2.45) is 5.92 Å². The number of anilines is 1. The Kier molecular flexibility index (Phi) is 9.34. The number of carbonyl (C=O) groups is 3. The summed E-state index contributed by atoms with van der Waals surface area (Å²) in [5.74, 6) is -1.84. The average Bonchev–Trinajstić information content (AvgIpc) is 2.97. The SMILES string of the molecule is CO[C@H]1CN(C)C(=O)c2cc(NC(=O)c3ccc(F)cc3)ccc2OC[C@@H](C)N(C(=O)c2ccc(F)cc2)C[C@@H]1C. The summed E-state index contributed by atoms with van der Waals surface area (Å²) in [5, 5.41) is 2.74. The highest BCUT2D eigenvalue weighted by molar-refractivity contribution is 6.05. The standard InChI is InChI=1S/C31H33F2N3O5/c1-19-16-36(30(38)22-7-11-24(33)12-8-22)20(2)18-41-27-14-13-25(34-29(37)21-5-9-23(32)10-6-21)15-26(27)31(39)35(3)17-28(19)40-4/h5-15,19-20,28H,16-18H2,1-4H3,(H,34,37)/t19-,20+,28-/m0/s1. The quantitative estimate of drug-likeness (QED) is 0.488. The van der Waals surface area contributed by atoms with Gasteiger partial charge in [0.05, 0.1) is 17.7 Å². The first-order chi connectivity index (χ1) is 19.6. The van der Waals surface area contributed by atoms with Gasteiger partial charge in [0.15, 0.2) is 0 Å². The number of fused-ring (bicyclic) bond motifs is 1. The van der Waals surface area contributed by atoms with Crippen LogP contribution >= 0.6 is 0 Å². The normalized spacial score (nSPS) is 19.9. The maximum absolute atomic E-state index is 13.6. The lowest BCUT2D eigenvalue weighted by molar-refractivity contribution is 0.0111. The fourth-order valence-electron chi connectivity index (χ4n) is 4.70. The third-order valence-corrected chi connectivity index (χ3v) is 7.16. The zero-order chi connectivity index (χ0) is 29.7. The summed E-state index contributed by atoms with van der Waals surface area (Å²) < 4.78 is 38.6. The molecule has 1 heterocycles. The molecule has 1 aliphatic heterocycles. The number of likely N-dealkylation sites (N-methyl/N-ethyl adjacent to an activating group) is 1. The molecule has 10 heteroatoms. The van der Waals surface area contributed by atoms with E-state index < -0.39 is 29.7 Å². The monoisotopic (exact) mass is 565 g/mol. The molecular weight excluding hydrogens is 532 g/mol. The largest absolute Gasteiger partial charge is 0.491 e. The number of methoxy groups -OCH3 is 1. The summed E-state index contributed by atoms with van der Waals surface area (Å²) in [6.07, 6.45) is -0.398. The maximum atomic E-state index is 13.6. The fraction of sp³-hybridized carbons (Fsp3) is 0.323. The Morgan fingerprint density at radius 3 is 2.15 bits per heavy atom. The van der Waals surface area contributed by atoms with Crippen LogP contribution in [0.15, 0.2) is 66.7 Å². The Morgan fingerprint density at radius 2 is 1.54 bits per heavy atom. The highest BCUT2D eigenvalue weighted by Gasteiger charge is 2.31. The topological polar surface area (TPSA) is 88.2 Å². The first-order valence-electron chi connectivity index (χ1n) is 13.3. The zero-order valence-corrected chi connectivity index (χ0v) is 23.4. The van der Waals surface area contributed by atoms with Crippen LogP contribution in [0.25, 0.3) is 0 Å². The second kappa shape index (κ2) is 12.9. The number of halogens is 2. The third-order valence-electron chi connectivity index (χ3n) is 7.16. The van der Waals surface area contributed by atoms with Crippen LogP contribution < -0.4 is 10.1 Å². The van der Waals surface area contributed by atoms with Gasteiger partial charge in [0, 0.05) is 50.0 Å². The van der Waals surface area contributed by atoms with E-state index in [1.165, 1.54) is 59.5 Å². The van der Waals surface area contributed by atoms with Gasteiger partial charge in [-0.1, -0.05) is 6.92 Å². The molecular formula is C31H33F2N3O5. The Morgan fingerprint density at radius 1 is 0.927 bits per heavy atom. The number of nitrogens with zero attached hydrogens (tertiary/aromatic N) is 2. The predicted octanol–water partition coefficient (Wildman–Crippen LogP) is 4.86. The van der Waals surface area contributed by atoms with Gasteiger partial charge >= 0.3 is 0 Å². The van der Waals surface area contributed by atoms with Gasteiger partial charge in [-0.3, -0.25) is 14.4 Å². The lowest BCUT2D eigenvalue weighted by Crippen LogP contribution is -2.48. The van der Waals surface area contributed by atoms with E-state index in [0.717, 1.165) is 0 Å². The molecule has 0 saturated carbocycles. The van der Waals surface area contributed by atoms with Crippen LogP contribution in [0.5, 0.6) is 5.75 Å². The molecule has 4 rings (SSSR count). The van der Waals surface area contributed by atoms with Crippen molar-refractivity contribution >= 4 is 23.4 Å². The van der Waals surface area contributed by atoms with Crippen molar-refractivity contribution in [1.82, 2.24) is 9.80 Å². The third kappa shape index (κ3) is 7.07. The van der Waals surface area contributed by atoms with E-state index in [-0.39, 0.29) is 47.8 Å². The van der Waals surface area contributed by atoms with Gasteiger partial charge in [0.25, 0.3) is 17.7 Å². The smallest absolute Gasteiger partial charge is 0.257 e. The zero-order valence-electron chi connectivity index (χ0n) is 23.4. The summed E-state index contributed by atoms with van der Waals surface area (Å²) in [6, 6.07) is 14.8. The summed E-state index contributed by atoms with van der Waals surface area (Å²) in [4.78, 5) is 43.0. The second-order valence-corrected chi connectivity index (χ2v) is 10.2. The Hall–Kier alpha value is -4.31. The molecule has 3 amide bonds. The minimum Gasteiger partial charge on any atom is -0.491 e. The van der Waals surface area contributed by atoms with Crippen molar-refractivity contribution in [2.45, 2.75) is 26.0 Å². The van der Waals surface area contributed by atoms with Crippen LogP contribution in [0.2, 0.25) is 0 Å². The number of carbonyl (C=O) groups excluding carboxylic acids is 3. The van der Waals surface area contributed by atoms with Gasteiger partial charge in [-0.25, -0.2) is 8.78 Å². The van der Waals surface area contributed by atoms with Crippen LogP contribution in [0, 0.1) is 17.6 Å². The van der Waals surface area contributed by atoms with Gasteiger partial charge in [0.2, 0.25) is 0 Å². The molecule has 1 N–H and O–H groups in total. The van der Waals surface area contributed by atoms with Crippen molar-refractivity contribution in [2.75, 3.05) is 39.2 Å². The fourth-order valence-corrected chi connectivity index (χ4v) is 4.70. The molecule has 3 aromatic rings. The molecule has 0 radical (unpaired) electrons. The predicted molar refractivity (Wildman–Crippen MR) is 150 cm³/mol. The van der Waals surface area contributed by atoms with E-state index >= 15 is 0 Å². The molecule has 0 fully saturated rings. The number of benzene rings is 3. The van der Waals surface area contributed by atoms with Crippen molar-refractivity contribution < 1.29 is 32.6 Å². The molecule has 0 aromatic heterocycles. The van der Waals surface area contributed by atoms with Crippen molar-refractivity contribution in [3.63, 3.8) is 0 Å². The van der Waals surface area contributed by atoms with Crippen LogP contribution in [-0.4, -0.2) is 73.5 Å². The molecule has 41 heavy (non-hydrogen) atoms. The van der Waals surface area contributed by atoms with Crippen LogP contribution in [0.1, 0.15) is 44.9 Å². The first-order valence-corrected chi connectivity index (χ1v) is 13.3. The number of rotatable bonds is 4. The summed E-state index contributed by atoms with van der Waals surface area (Å²) in [7, 11) is 3.20. The summed E-state index contributed by atoms with van der Waals surface area (Å²) in [5.41, 5.74) is 1.18. The number of ether oxygens (including phenoxy) is 2. The number of hydrogen-bond donors (Lipinski definition) is 1. The van der Waals surface area contributed by atoms with Crippen LogP contribution in [-0.2, 0) is 4.74 Å². The van der Waals surface area contributed by atoms with Crippen LogP contribution in [0.4, 0.5) is 14.5 Å². The van der Waals surface area contributed by atoms with Crippen molar-refractivity contribution in [1.29, 1.82) is 0 Å². The van der Waals surface area contributed by atoms with Gasteiger partial charge < -0.3 is 24.6 Å². The molecule has 0 unspecified atom stereocenters. The minimum absolute atomic E-state index is 0.0720. The van der Waals surface area contributed by atoms with Gasteiger partial charge in [-0.05, 0) is 73.7 Å². The van der Waals surface area contributed by atoms with Crippen molar-refractivity contribution in [3.05, 3.63) is 95.1 Å². The highest BCUT2D eigenvalue weighted by Crippen LogP contribution is 2.27. The number of amides is 3. The molecule has 1 aliphatic rings. The first kappa shape index (κ1) is 29.7. The number of nitrogens with one attached hydrogen (secondary N) is 1. The van der Waals surface area contributed by atoms with E-state index in [4.69, 9.17) is 9.47 Å². The molecule has 0 bridgehead atoms. The van der Waals surface area contributed by atoms with E-state index in [0.29, 0.717) is 17.8 Å². The molecule has 216 valence electrons. The molecule has 0 spiro atoms. The molecule has 3 aromatic carbocycles. The molecule has 8 nitrogen and oxygen atoms in total. The molecule has 3 atom stereocenters. The van der Waals surface area contributed by atoms with E-state index in [2.05, 4.69) is 5.32 Å². The highest BCUT2D eigenvalue weighted by atomic mass is 19.1. The Labute approximate surface area is 237 Å². The van der Waals surface area contributed by atoms with E-state index in [1.807, 2.05) is 13.8 Å². The number of hydrogen-bond acceptors (Lipinski definition) is 5. The van der Waals surface area contributed by atoms with Crippen LogP contribution in [0.3, 0.4) is 0 Å². The Bertz CT molecular complexity index is 1400. The van der Waals surface area contributed by atoms with E-state index in [9.17, 15) is 23.2 Å². The van der Waals surface area contributed by atoms with Gasteiger partial charge in [-0.2, -0.15) is 0 Å². The maximum Gasteiger partial charge on any atom is 0.257 e. The lowest BCUT2D eigenvalue weighted by atomic mass is 10.0. The lowest BCUT2D eigenvalue weighted by Gasteiger charge is -2.36. The molecule has 0 saturated heterocycles. The Balaban J connectivity index is 1.65. The summed E-state index contributed by atoms with van der Waals surface area (Å²) >= 11 is 0. The van der Waals surface area contributed by atoms with Gasteiger partial charge in [-0.15, -0.1) is 0 Å². The molecule has 0 aliphatic carbocycles. The van der Waals surface area contributed by atoms with Crippen molar-refractivity contribution in [3.8, 4) is 5.75 Å². The summed E-state index contributed by atoms with van der Waals surface area (Å²) in [6.45, 7) is 4.40. The second-order valence-electron chi connectivity index (χ2n) is 10.2. The average molecular weight is 566 g/mol. The van der Waals surface area contributed by atoms with E-state index in [1.54, 1.807) is 31.2 Å². The minimum atomic E-state index is -0.461.